The molecule has 0 saturated carbocycles. The van der Waals surface area contributed by atoms with Gasteiger partial charge in [0.15, 0.2) is 5.96 Å². The van der Waals surface area contributed by atoms with Gasteiger partial charge < -0.3 is 20.1 Å². The summed E-state index contributed by atoms with van der Waals surface area (Å²) in [5.74, 6) is 0.907. The monoisotopic (exact) mass is 396 g/mol. The second kappa shape index (κ2) is 9.10. The normalized spacial score (nSPS) is 15.9. The Morgan fingerprint density at radius 2 is 2.07 bits per heavy atom. The molecule has 0 radical (unpaired) electrons. The van der Waals surface area contributed by atoms with Crippen LogP contribution in [0.3, 0.4) is 0 Å². The molecular formula is C21H28N6S. The van der Waals surface area contributed by atoms with Crippen LogP contribution < -0.4 is 15.5 Å². The van der Waals surface area contributed by atoms with Gasteiger partial charge in [0.2, 0.25) is 0 Å². The predicted octanol–water partition coefficient (Wildman–Crippen LogP) is 3.32. The Hall–Kier alpha value is -2.54. The SMILES string of the molecule is CN=C(NCCCn1cnc2ccccc21)NC1CCN(c2cccs2)CC1. The molecule has 7 heteroatoms. The minimum Gasteiger partial charge on any atom is -0.363 e. The summed E-state index contributed by atoms with van der Waals surface area (Å²) in [7, 11) is 1.85. The summed E-state index contributed by atoms with van der Waals surface area (Å²) in [5, 5.41) is 10.6. The lowest BCUT2D eigenvalue weighted by molar-refractivity contribution is 0.462. The number of rotatable bonds is 6. The molecule has 1 saturated heterocycles. The molecule has 0 aliphatic carbocycles. The molecule has 0 atom stereocenters. The Morgan fingerprint density at radius 1 is 1.21 bits per heavy atom. The van der Waals surface area contributed by atoms with Crippen LogP contribution in [0.5, 0.6) is 0 Å². The number of nitrogens with zero attached hydrogens (tertiary/aromatic N) is 4. The van der Waals surface area contributed by atoms with Gasteiger partial charge in [0.1, 0.15) is 0 Å². The molecule has 28 heavy (non-hydrogen) atoms. The van der Waals surface area contributed by atoms with Crippen LogP contribution in [0, 0.1) is 0 Å². The number of aromatic nitrogens is 2. The number of anilines is 1. The second-order valence-electron chi connectivity index (χ2n) is 7.14. The third-order valence-electron chi connectivity index (χ3n) is 5.27. The molecule has 1 aromatic carbocycles. The van der Waals surface area contributed by atoms with Gasteiger partial charge >= 0.3 is 0 Å². The minimum absolute atomic E-state index is 0.486. The van der Waals surface area contributed by atoms with E-state index in [1.807, 2.05) is 30.8 Å². The first-order valence-electron chi connectivity index (χ1n) is 9.99. The number of thiophene rings is 1. The summed E-state index contributed by atoms with van der Waals surface area (Å²) >= 11 is 1.83. The molecule has 0 bridgehead atoms. The van der Waals surface area contributed by atoms with Crippen molar-refractivity contribution in [2.75, 3.05) is 31.6 Å². The first kappa shape index (κ1) is 18.8. The molecule has 0 amide bonds. The van der Waals surface area contributed by atoms with Gasteiger partial charge in [-0.2, -0.15) is 0 Å². The van der Waals surface area contributed by atoms with Gasteiger partial charge in [-0.05, 0) is 48.9 Å². The van der Waals surface area contributed by atoms with E-state index in [0.717, 1.165) is 56.9 Å². The van der Waals surface area contributed by atoms with Gasteiger partial charge in [-0.25, -0.2) is 4.98 Å². The van der Waals surface area contributed by atoms with E-state index >= 15 is 0 Å². The van der Waals surface area contributed by atoms with Crippen molar-refractivity contribution in [2.45, 2.75) is 31.8 Å². The molecule has 6 nitrogen and oxygen atoms in total. The van der Waals surface area contributed by atoms with Crippen molar-refractivity contribution in [2.24, 2.45) is 4.99 Å². The fourth-order valence-corrected chi connectivity index (χ4v) is 4.51. The number of aryl methyl sites for hydroxylation is 1. The van der Waals surface area contributed by atoms with Crippen LogP contribution in [0.25, 0.3) is 11.0 Å². The number of hydrogen-bond donors (Lipinski definition) is 2. The van der Waals surface area contributed by atoms with Crippen LogP contribution in [-0.4, -0.2) is 48.2 Å². The molecule has 2 N–H and O–H groups in total. The smallest absolute Gasteiger partial charge is 0.191 e. The van der Waals surface area contributed by atoms with Crippen molar-refractivity contribution >= 4 is 33.3 Å². The topological polar surface area (TPSA) is 57.5 Å². The van der Waals surface area contributed by atoms with Crippen molar-refractivity contribution in [3.05, 3.63) is 48.1 Å². The maximum Gasteiger partial charge on any atom is 0.191 e. The minimum atomic E-state index is 0.486. The second-order valence-corrected chi connectivity index (χ2v) is 8.06. The van der Waals surface area contributed by atoms with Crippen LogP contribution in [-0.2, 0) is 6.54 Å². The van der Waals surface area contributed by atoms with Gasteiger partial charge in [0, 0.05) is 39.3 Å². The zero-order valence-corrected chi connectivity index (χ0v) is 17.2. The molecule has 2 aromatic heterocycles. The maximum absolute atomic E-state index is 4.45. The van der Waals surface area contributed by atoms with E-state index < -0.39 is 0 Å². The lowest BCUT2D eigenvalue weighted by Crippen LogP contribution is -2.48. The van der Waals surface area contributed by atoms with Crippen LogP contribution in [0.4, 0.5) is 5.00 Å². The van der Waals surface area contributed by atoms with E-state index in [4.69, 9.17) is 0 Å². The first-order valence-corrected chi connectivity index (χ1v) is 10.9. The van der Waals surface area contributed by atoms with E-state index in [1.165, 1.54) is 10.5 Å². The Balaban J connectivity index is 1.19. The molecule has 1 aliphatic heterocycles. The van der Waals surface area contributed by atoms with Crippen molar-refractivity contribution < 1.29 is 0 Å². The highest BCUT2D eigenvalue weighted by molar-refractivity contribution is 7.14. The van der Waals surface area contributed by atoms with E-state index in [1.54, 1.807) is 0 Å². The van der Waals surface area contributed by atoms with Crippen molar-refractivity contribution in [1.29, 1.82) is 0 Å². The summed E-state index contributed by atoms with van der Waals surface area (Å²) < 4.78 is 2.22. The maximum atomic E-state index is 4.45. The molecule has 3 aromatic rings. The quantitative estimate of drug-likeness (QED) is 0.381. The zero-order valence-electron chi connectivity index (χ0n) is 16.3. The Labute approximate surface area is 170 Å². The molecule has 148 valence electrons. The first-order chi connectivity index (χ1) is 13.8. The molecular weight excluding hydrogens is 368 g/mol. The number of guanidine groups is 1. The van der Waals surface area contributed by atoms with Crippen LogP contribution in [0.15, 0.2) is 53.1 Å². The zero-order chi connectivity index (χ0) is 19.2. The highest BCUT2D eigenvalue weighted by atomic mass is 32.1. The van der Waals surface area contributed by atoms with E-state index in [9.17, 15) is 0 Å². The van der Waals surface area contributed by atoms with Crippen molar-refractivity contribution in [3.8, 4) is 0 Å². The predicted molar refractivity (Wildman–Crippen MR) is 118 cm³/mol. The van der Waals surface area contributed by atoms with Crippen LogP contribution in [0.1, 0.15) is 19.3 Å². The number of para-hydroxylation sites is 2. The van der Waals surface area contributed by atoms with E-state index in [0.29, 0.717) is 6.04 Å². The number of hydrogen-bond acceptors (Lipinski definition) is 4. The molecule has 1 aliphatic rings. The van der Waals surface area contributed by atoms with Crippen molar-refractivity contribution in [1.82, 2.24) is 20.2 Å². The molecule has 3 heterocycles. The van der Waals surface area contributed by atoms with Crippen LogP contribution in [0.2, 0.25) is 0 Å². The third kappa shape index (κ3) is 4.47. The molecule has 0 spiro atoms. The summed E-state index contributed by atoms with van der Waals surface area (Å²) in [4.78, 5) is 11.3. The van der Waals surface area contributed by atoms with Crippen molar-refractivity contribution in [3.63, 3.8) is 0 Å². The van der Waals surface area contributed by atoms with Gasteiger partial charge in [0.25, 0.3) is 0 Å². The summed E-state index contributed by atoms with van der Waals surface area (Å²) in [6.07, 6.45) is 5.23. The Kier molecular flexibility index (Phi) is 6.11. The van der Waals surface area contributed by atoms with Gasteiger partial charge in [-0.1, -0.05) is 12.1 Å². The summed E-state index contributed by atoms with van der Waals surface area (Å²) in [6.45, 7) is 4.04. The fourth-order valence-electron chi connectivity index (χ4n) is 3.73. The third-order valence-corrected chi connectivity index (χ3v) is 6.20. The summed E-state index contributed by atoms with van der Waals surface area (Å²) in [6, 6.07) is 13.1. The average molecular weight is 397 g/mol. The molecule has 0 unspecified atom stereocenters. The van der Waals surface area contributed by atoms with Gasteiger partial charge in [-0.3, -0.25) is 4.99 Å². The summed E-state index contributed by atoms with van der Waals surface area (Å²) in [5.41, 5.74) is 2.25. The van der Waals surface area contributed by atoms with Gasteiger partial charge in [-0.15, -0.1) is 11.3 Å². The van der Waals surface area contributed by atoms with Gasteiger partial charge in [0.05, 0.1) is 22.4 Å². The highest BCUT2D eigenvalue weighted by Gasteiger charge is 2.20. The lowest BCUT2D eigenvalue weighted by atomic mass is 10.1. The number of benzene rings is 1. The Morgan fingerprint density at radius 3 is 2.86 bits per heavy atom. The number of piperidine rings is 1. The van der Waals surface area contributed by atoms with E-state index in [2.05, 4.69) is 65.8 Å². The lowest BCUT2D eigenvalue weighted by Gasteiger charge is -2.33. The number of imidazole rings is 1. The highest BCUT2D eigenvalue weighted by Crippen LogP contribution is 2.24. The fraction of sp³-hybridized carbons (Fsp3) is 0.429. The molecule has 4 rings (SSSR count). The number of aliphatic imine (C=N–C) groups is 1. The average Bonchev–Trinajstić information content (AvgIpc) is 3.41. The Bertz CT molecular complexity index is 893. The van der Waals surface area contributed by atoms with E-state index in [-0.39, 0.29) is 0 Å². The van der Waals surface area contributed by atoms with Crippen LogP contribution >= 0.6 is 11.3 Å². The number of fused-ring (bicyclic) bond motifs is 1. The largest absolute Gasteiger partial charge is 0.363 e. The number of nitrogens with one attached hydrogen (secondary N) is 2. The standard InChI is InChI=1S/C21H28N6S/c1-22-21(25-17-9-13-26(14-10-17)20-8-4-15-28-20)23-11-5-12-27-16-24-18-6-2-3-7-19(18)27/h2-4,6-8,15-17H,5,9-14H2,1H3,(H2,22,23,25). The molecule has 1 fully saturated rings.